The predicted octanol–water partition coefficient (Wildman–Crippen LogP) is 2.65. The Labute approximate surface area is 150 Å². The fourth-order valence-corrected chi connectivity index (χ4v) is 3.31. The van der Waals surface area contributed by atoms with Gasteiger partial charge in [-0.1, -0.05) is 0 Å². The molecule has 1 fully saturated rings. The Morgan fingerprint density at radius 3 is 3.23 bits per heavy atom. The Bertz CT molecular complexity index is 890. The van der Waals surface area contributed by atoms with Crippen molar-refractivity contribution in [3.63, 3.8) is 0 Å². The number of carbonyl (C=O) groups excluding carboxylic acids is 1. The number of benzene rings is 1. The Hall–Kier alpha value is -3.03. The number of hydrogen-bond donors (Lipinski definition) is 2. The third-order valence-corrected chi connectivity index (χ3v) is 4.64. The van der Waals surface area contributed by atoms with Crippen LogP contribution in [0.2, 0.25) is 0 Å². The highest BCUT2D eigenvalue weighted by Crippen LogP contribution is 2.24. The van der Waals surface area contributed by atoms with E-state index in [1.54, 1.807) is 13.3 Å². The van der Waals surface area contributed by atoms with Crippen LogP contribution in [-0.4, -0.2) is 46.1 Å². The molecular formula is C18H21N5O3. The molecule has 0 saturated carbocycles. The van der Waals surface area contributed by atoms with Crippen molar-refractivity contribution in [2.45, 2.75) is 25.3 Å². The van der Waals surface area contributed by atoms with Crippen molar-refractivity contribution in [1.29, 1.82) is 0 Å². The van der Waals surface area contributed by atoms with Gasteiger partial charge in [0.15, 0.2) is 5.58 Å². The maximum Gasteiger partial charge on any atom is 0.317 e. The Morgan fingerprint density at radius 1 is 1.50 bits per heavy atom. The van der Waals surface area contributed by atoms with E-state index in [9.17, 15) is 4.79 Å². The van der Waals surface area contributed by atoms with Crippen LogP contribution in [-0.2, 0) is 6.54 Å². The van der Waals surface area contributed by atoms with Gasteiger partial charge in [-0.15, -0.1) is 0 Å². The highest BCUT2D eigenvalue weighted by Gasteiger charge is 2.26. The predicted molar refractivity (Wildman–Crippen MR) is 94.9 cm³/mol. The maximum atomic E-state index is 12.5. The molecule has 1 aliphatic heterocycles. The third-order valence-electron chi connectivity index (χ3n) is 4.64. The molecule has 0 bridgehead atoms. The number of aromatic amines is 1. The Balaban J connectivity index is 1.37. The zero-order valence-corrected chi connectivity index (χ0v) is 14.6. The van der Waals surface area contributed by atoms with Gasteiger partial charge in [-0.25, -0.2) is 14.8 Å². The van der Waals surface area contributed by atoms with Gasteiger partial charge in [-0.05, 0) is 25.0 Å². The number of oxazole rings is 1. The fraction of sp³-hybridized carbons (Fsp3) is 0.389. The molecule has 3 aromatic rings. The number of H-pyrrole nitrogens is 1. The van der Waals surface area contributed by atoms with E-state index in [0.717, 1.165) is 31.0 Å². The van der Waals surface area contributed by atoms with Gasteiger partial charge >= 0.3 is 6.03 Å². The minimum absolute atomic E-state index is 0.110. The van der Waals surface area contributed by atoms with Crippen LogP contribution in [0, 0.1) is 0 Å². The standard InChI is InChI=1S/C18H21N5O3/c1-25-13-4-5-15-14(9-13)22-16(26-15)10-21-18(24)23-8-2-3-12(11-23)17-19-6-7-20-17/h4-7,9,12H,2-3,8,10-11H2,1H3,(H,19,20)(H,21,24). The number of fused-ring (bicyclic) bond motifs is 1. The molecule has 8 heteroatoms. The molecule has 26 heavy (non-hydrogen) atoms. The number of carbonyl (C=O) groups is 1. The number of hydrogen-bond acceptors (Lipinski definition) is 5. The second kappa shape index (κ2) is 7.07. The monoisotopic (exact) mass is 355 g/mol. The molecule has 1 unspecified atom stereocenters. The lowest BCUT2D eigenvalue weighted by molar-refractivity contribution is 0.177. The molecule has 8 nitrogen and oxygen atoms in total. The van der Waals surface area contributed by atoms with E-state index in [2.05, 4.69) is 20.3 Å². The highest BCUT2D eigenvalue weighted by atomic mass is 16.5. The number of aromatic nitrogens is 3. The maximum absolute atomic E-state index is 12.5. The van der Waals surface area contributed by atoms with Gasteiger partial charge in [0.1, 0.15) is 17.1 Å². The van der Waals surface area contributed by atoms with Crippen LogP contribution in [0.4, 0.5) is 4.79 Å². The molecular weight excluding hydrogens is 334 g/mol. The molecule has 0 radical (unpaired) electrons. The molecule has 1 aliphatic rings. The molecule has 1 atom stereocenters. The first kappa shape index (κ1) is 16.4. The SMILES string of the molecule is COc1ccc2oc(CNC(=O)N3CCCC(c4ncc[nH]4)C3)nc2c1. The number of piperidine rings is 1. The molecule has 0 spiro atoms. The number of methoxy groups -OCH3 is 1. The second-order valence-electron chi connectivity index (χ2n) is 6.36. The first-order chi connectivity index (χ1) is 12.7. The number of likely N-dealkylation sites (tertiary alicyclic amines) is 1. The average molecular weight is 355 g/mol. The van der Waals surface area contributed by atoms with E-state index in [0.29, 0.717) is 23.5 Å². The van der Waals surface area contributed by atoms with E-state index in [-0.39, 0.29) is 18.5 Å². The van der Waals surface area contributed by atoms with E-state index < -0.39 is 0 Å². The lowest BCUT2D eigenvalue weighted by Gasteiger charge is -2.31. The Kier molecular flexibility index (Phi) is 4.47. The topological polar surface area (TPSA) is 96.3 Å². The average Bonchev–Trinajstić information content (AvgIpc) is 3.35. The fourth-order valence-electron chi connectivity index (χ4n) is 3.31. The summed E-state index contributed by atoms with van der Waals surface area (Å²) in [6.45, 7) is 1.65. The summed E-state index contributed by atoms with van der Waals surface area (Å²) in [5, 5.41) is 2.89. The van der Waals surface area contributed by atoms with Crippen molar-refractivity contribution in [1.82, 2.24) is 25.2 Å². The number of amides is 2. The number of urea groups is 1. The number of imidazole rings is 1. The summed E-state index contributed by atoms with van der Waals surface area (Å²) < 4.78 is 10.9. The second-order valence-corrected chi connectivity index (χ2v) is 6.36. The van der Waals surface area contributed by atoms with Crippen molar-refractivity contribution in [3.8, 4) is 5.75 Å². The van der Waals surface area contributed by atoms with Crippen molar-refractivity contribution in [2.75, 3.05) is 20.2 Å². The third kappa shape index (κ3) is 3.35. The molecule has 2 aromatic heterocycles. The summed E-state index contributed by atoms with van der Waals surface area (Å²) in [6.07, 6.45) is 5.55. The van der Waals surface area contributed by atoms with E-state index >= 15 is 0 Å². The quantitative estimate of drug-likeness (QED) is 0.750. The van der Waals surface area contributed by atoms with Gasteiger partial charge in [0.2, 0.25) is 5.89 Å². The zero-order chi connectivity index (χ0) is 17.9. The molecule has 4 rings (SSSR count). The van der Waals surface area contributed by atoms with Gasteiger partial charge in [-0.3, -0.25) is 0 Å². The zero-order valence-electron chi connectivity index (χ0n) is 14.6. The summed E-state index contributed by atoms with van der Waals surface area (Å²) in [7, 11) is 1.61. The Morgan fingerprint density at radius 2 is 2.42 bits per heavy atom. The summed E-state index contributed by atoms with van der Waals surface area (Å²) in [6, 6.07) is 5.33. The highest BCUT2D eigenvalue weighted by molar-refractivity contribution is 5.75. The number of nitrogens with one attached hydrogen (secondary N) is 2. The first-order valence-corrected chi connectivity index (χ1v) is 8.68. The van der Waals surface area contributed by atoms with Crippen LogP contribution in [0.3, 0.4) is 0 Å². The van der Waals surface area contributed by atoms with Gasteiger partial charge < -0.3 is 24.4 Å². The van der Waals surface area contributed by atoms with Crippen molar-refractivity contribution in [3.05, 3.63) is 42.3 Å². The molecule has 3 heterocycles. The van der Waals surface area contributed by atoms with Crippen LogP contribution in [0.15, 0.2) is 35.0 Å². The minimum atomic E-state index is -0.110. The van der Waals surface area contributed by atoms with E-state index in [1.807, 2.05) is 29.3 Å². The van der Waals surface area contributed by atoms with Crippen LogP contribution in [0.5, 0.6) is 5.75 Å². The van der Waals surface area contributed by atoms with Gasteiger partial charge in [0.05, 0.1) is 13.7 Å². The number of ether oxygens (including phenoxy) is 1. The smallest absolute Gasteiger partial charge is 0.317 e. The van der Waals surface area contributed by atoms with E-state index in [4.69, 9.17) is 9.15 Å². The van der Waals surface area contributed by atoms with Gasteiger partial charge in [0.25, 0.3) is 0 Å². The van der Waals surface area contributed by atoms with Gasteiger partial charge in [0, 0.05) is 37.5 Å². The summed E-state index contributed by atoms with van der Waals surface area (Å²) in [5.41, 5.74) is 1.38. The van der Waals surface area contributed by atoms with Crippen LogP contribution in [0.25, 0.3) is 11.1 Å². The normalized spacial score (nSPS) is 17.4. The summed E-state index contributed by atoms with van der Waals surface area (Å²) in [4.78, 5) is 26.2. The van der Waals surface area contributed by atoms with Crippen molar-refractivity contribution >= 4 is 17.1 Å². The lowest BCUT2D eigenvalue weighted by atomic mass is 9.98. The lowest BCUT2D eigenvalue weighted by Crippen LogP contribution is -2.44. The number of nitrogens with zero attached hydrogens (tertiary/aromatic N) is 3. The first-order valence-electron chi connectivity index (χ1n) is 8.68. The summed E-state index contributed by atoms with van der Waals surface area (Å²) >= 11 is 0. The van der Waals surface area contributed by atoms with E-state index in [1.165, 1.54) is 0 Å². The molecule has 2 amide bonds. The van der Waals surface area contributed by atoms with Gasteiger partial charge in [-0.2, -0.15) is 0 Å². The van der Waals surface area contributed by atoms with Crippen LogP contribution < -0.4 is 10.1 Å². The molecule has 1 saturated heterocycles. The van der Waals surface area contributed by atoms with Crippen LogP contribution >= 0.6 is 0 Å². The summed E-state index contributed by atoms with van der Waals surface area (Å²) in [5.74, 6) is 2.39. The van der Waals surface area contributed by atoms with Crippen molar-refractivity contribution in [2.24, 2.45) is 0 Å². The number of rotatable bonds is 4. The largest absolute Gasteiger partial charge is 0.497 e. The molecule has 2 N–H and O–H groups in total. The van der Waals surface area contributed by atoms with Crippen LogP contribution in [0.1, 0.15) is 30.5 Å². The minimum Gasteiger partial charge on any atom is -0.497 e. The molecule has 1 aromatic carbocycles. The molecule has 0 aliphatic carbocycles. The molecule has 136 valence electrons. The van der Waals surface area contributed by atoms with Crippen molar-refractivity contribution < 1.29 is 13.9 Å².